The van der Waals surface area contributed by atoms with Crippen molar-refractivity contribution in [3.63, 3.8) is 0 Å². The van der Waals surface area contributed by atoms with E-state index in [1.807, 2.05) is 20.0 Å². The highest BCUT2D eigenvalue weighted by Gasteiger charge is 2.23. The summed E-state index contributed by atoms with van der Waals surface area (Å²) in [5.41, 5.74) is 0.850. The van der Waals surface area contributed by atoms with Crippen LogP contribution in [0.2, 0.25) is 0 Å². The summed E-state index contributed by atoms with van der Waals surface area (Å²) in [5, 5.41) is 5.83. The van der Waals surface area contributed by atoms with Crippen molar-refractivity contribution in [1.82, 2.24) is 10.6 Å². The van der Waals surface area contributed by atoms with E-state index in [9.17, 15) is 9.18 Å². The lowest BCUT2D eigenvalue weighted by Crippen LogP contribution is -2.36. The third-order valence-electron chi connectivity index (χ3n) is 3.64. The second kappa shape index (κ2) is 6.70. The Hall–Kier alpha value is -1.62. The van der Waals surface area contributed by atoms with Crippen molar-refractivity contribution in [2.45, 2.75) is 38.3 Å². The molecule has 1 saturated heterocycles. The van der Waals surface area contributed by atoms with Gasteiger partial charge in [-0.2, -0.15) is 0 Å². The molecule has 0 spiro atoms. The first kappa shape index (κ1) is 14.8. The molecule has 1 aliphatic heterocycles. The molecule has 2 rings (SSSR count). The van der Waals surface area contributed by atoms with Gasteiger partial charge in [-0.1, -0.05) is 6.07 Å². The molecule has 110 valence electrons. The maximum absolute atomic E-state index is 14.0. The van der Waals surface area contributed by atoms with Crippen LogP contribution in [0.25, 0.3) is 0 Å². The number of amides is 1. The van der Waals surface area contributed by atoms with Gasteiger partial charge in [0.2, 0.25) is 0 Å². The summed E-state index contributed by atoms with van der Waals surface area (Å²) in [6, 6.07) is 4.93. The highest BCUT2D eigenvalue weighted by atomic mass is 19.1. The maximum atomic E-state index is 14.0. The predicted molar refractivity (Wildman–Crippen MR) is 75.2 cm³/mol. The van der Waals surface area contributed by atoms with E-state index in [0.717, 1.165) is 18.4 Å². The van der Waals surface area contributed by atoms with Crippen LogP contribution in [0.4, 0.5) is 4.39 Å². The van der Waals surface area contributed by atoms with Crippen molar-refractivity contribution in [1.29, 1.82) is 0 Å². The molecular weight excluding hydrogens is 259 g/mol. The van der Waals surface area contributed by atoms with Crippen LogP contribution < -0.4 is 15.4 Å². The average Bonchev–Trinajstić information content (AvgIpc) is 2.65. The van der Waals surface area contributed by atoms with Gasteiger partial charge in [0.15, 0.2) is 17.7 Å². The molecule has 2 N–H and O–H groups in total. The van der Waals surface area contributed by atoms with Crippen molar-refractivity contribution in [2.75, 3.05) is 13.6 Å². The number of carbonyl (C=O) groups excluding carboxylic acids is 1. The fourth-order valence-electron chi connectivity index (χ4n) is 2.23. The van der Waals surface area contributed by atoms with Gasteiger partial charge in [-0.05, 0) is 50.9 Å². The zero-order valence-electron chi connectivity index (χ0n) is 11.9. The van der Waals surface area contributed by atoms with Gasteiger partial charge in [-0.15, -0.1) is 0 Å². The highest BCUT2D eigenvalue weighted by Crippen LogP contribution is 2.24. The predicted octanol–water partition coefficient (Wildman–Crippen LogP) is 2.15. The van der Waals surface area contributed by atoms with E-state index in [0.29, 0.717) is 13.0 Å². The quantitative estimate of drug-likeness (QED) is 0.888. The molecule has 2 atom stereocenters. The largest absolute Gasteiger partial charge is 0.478 e. The molecule has 1 heterocycles. The Labute approximate surface area is 118 Å². The molecule has 0 bridgehead atoms. The second-order valence-electron chi connectivity index (χ2n) is 5.09. The lowest BCUT2D eigenvalue weighted by atomic mass is 10.1. The fourth-order valence-corrected chi connectivity index (χ4v) is 2.23. The Morgan fingerprint density at radius 1 is 1.45 bits per heavy atom. The SMILES string of the molecule is CNC(C)c1ccc(OC2CCCCNC2=O)c(F)c1. The highest BCUT2D eigenvalue weighted by molar-refractivity contribution is 5.81. The minimum Gasteiger partial charge on any atom is -0.478 e. The summed E-state index contributed by atoms with van der Waals surface area (Å²) in [7, 11) is 1.82. The fraction of sp³-hybridized carbons (Fsp3) is 0.533. The van der Waals surface area contributed by atoms with Crippen molar-refractivity contribution in [3.05, 3.63) is 29.6 Å². The normalized spacial score (nSPS) is 20.9. The van der Waals surface area contributed by atoms with Crippen molar-refractivity contribution < 1.29 is 13.9 Å². The van der Waals surface area contributed by atoms with Crippen LogP contribution in [-0.2, 0) is 4.79 Å². The molecule has 2 unspecified atom stereocenters. The summed E-state index contributed by atoms with van der Waals surface area (Å²) in [5.74, 6) is -0.449. The monoisotopic (exact) mass is 280 g/mol. The standard InChI is InChI=1S/C15H21FN2O2/c1-10(17-2)11-6-7-13(12(16)9-11)20-14-5-3-4-8-18-15(14)19/h6-7,9-10,14,17H,3-5,8H2,1-2H3,(H,18,19). The molecule has 5 heteroatoms. The Morgan fingerprint density at radius 3 is 2.95 bits per heavy atom. The first-order valence-corrected chi connectivity index (χ1v) is 7.03. The van der Waals surface area contributed by atoms with Gasteiger partial charge in [0.25, 0.3) is 5.91 Å². The molecule has 1 fully saturated rings. The van der Waals surface area contributed by atoms with Crippen LogP contribution in [0, 0.1) is 5.82 Å². The number of carbonyl (C=O) groups is 1. The van der Waals surface area contributed by atoms with Gasteiger partial charge in [-0.25, -0.2) is 4.39 Å². The Bertz CT molecular complexity index is 479. The van der Waals surface area contributed by atoms with Crippen LogP contribution in [0.5, 0.6) is 5.75 Å². The molecule has 20 heavy (non-hydrogen) atoms. The molecule has 0 aliphatic carbocycles. The lowest BCUT2D eigenvalue weighted by Gasteiger charge is -2.17. The zero-order valence-corrected chi connectivity index (χ0v) is 11.9. The van der Waals surface area contributed by atoms with Gasteiger partial charge < -0.3 is 15.4 Å². The molecule has 1 aliphatic rings. The number of nitrogens with one attached hydrogen (secondary N) is 2. The van der Waals surface area contributed by atoms with Crippen LogP contribution in [0.3, 0.4) is 0 Å². The third-order valence-corrected chi connectivity index (χ3v) is 3.64. The average molecular weight is 280 g/mol. The Kier molecular flexibility index (Phi) is 4.95. The molecule has 4 nitrogen and oxygen atoms in total. The third kappa shape index (κ3) is 3.48. The zero-order chi connectivity index (χ0) is 14.5. The summed E-state index contributed by atoms with van der Waals surface area (Å²) in [4.78, 5) is 11.8. The van der Waals surface area contributed by atoms with Crippen LogP contribution in [-0.4, -0.2) is 25.6 Å². The van der Waals surface area contributed by atoms with E-state index < -0.39 is 11.9 Å². The van der Waals surface area contributed by atoms with Crippen LogP contribution in [0.1, 0.15) is 37.8 Å². The van der Waals surface area contributed by atoms with E-state index in [2.05, 4.69) is 10.6 Å². The molecular formula is C15H21FN2O2. The Morgan fingerprint density at radius 2 is 2.25 bits per heavy atom. The minimum atomic E-state index is -0.598. The van der Waals surface area contributed by atoms with E-state index in [1.54, 1.807) is 6.07 Å². The lowest BCUT2D eigenvalue weighted by molar-refractivity contribution is -0.127. The van der Waals surface area contributed by atoms with Gasteiger partial charge in [0.1, 0.15) is 0 Å². The van der Waals surface area contributed by atoms with Gasteiger partial charge in [-0.3, -0.25) is 4.79 Å². The van der Waals surface area contributed by atoms with Crippen molar-refractivity contribution >= 4 is 5.91 Å². The van der Waals surface area contributed by atoms with Gasteiger partial charge in [0.05, 0.1) is 0 Å². The number of ether oxygens (including phenoxy) is 1. The number of benzene rings is 1. The molecule has 1 aromatic rings. The molecule has 0 radical (unpaired) electrons. The smallest absolute Gasteiger partial charge is 0.261 e. The van der Waals surface area contributed by atoms with E-state index >= 15 is 0 Å². The first-order chi connectivity index (χ1) is 9.61. The Balaban J connectivity index is 2.10. The molecule has 1 aromatic carbocycles. The van der Waals surface area contributed by atoms with E-state index in [4.69, 9.17) is 4.74 Å². The molecule has 0 aromatic heterocycles. The number of rotatable bonds is 4. The van der Waals surface area contributed by atoms with Crippen LogP contribution >= 0.6 is 0 Å². The van der Waals surface area contributed by atoms with Gasteiger partial charge in [0, 0.05) is 12.6 Å². The first-order valence-electron chi connectivity index (χ1n) is 7.03. The maximum Gasteiger partial charge on any atom is 0.261 e. The van der Waals surface area contributed by atoms with Gasteiger partial charge >= 0.3 is 0 Å². The molecule has 0 saturated carbocycles. The minimum absolute atomic E-state index is 0.0692. The summed E-state index contributed by atoms with van der Waals surface area (Å²) >= 11 is 0. The van der Waals surface area contributed by atoms with Crippen molar-refractivity contribution in [3.8, 4) is 5.75 Å². The second-order valence-corrected chi connectivity index (χ2v) is 5.09. The van der Waals surface area contributed by atoms with Crippen LogP contribution in [0.15, 0.2) is 18.2 Å². The summed E-state index contributed by atoms with van der Waals surface area (Å²) in [6.45, 7) is 2.62. The molecule has 1 amide bonds. The number of halogens is 1. The van der Waals surface area contributed by atoms with Crippen molar-refractivity contribution in [2.24, 2.45) is 0 Å². The van der Waals surface area contributed by atoms with E-state index in [1.165, 1.54) is 6.07 Å². The summed E-state index contributed by atoms with van der Waals surface area (Å²) in [6.07, 6.45) is 1.87. The summed E-state index contributed by atoms with van der Waals surface area (Å²) < 4.78 is 19.6. The topological polar surface area (TPSA) is 50.4 Å². The van der Waals surface area contributed by atoms with E-state index in [-0.39, 0.29) is 17.7 Å². The number of hydrogen-bond acceptors (Lipinski definition) is 3. The number of hydrogen-bond donors (Lipinski definition) is 2.